The fourth-order valence-electron chi connectivity index (χ4n) is 2.98. The Labute approximate surface area is 109 Å². The third-order valence-electron chi connectivity index (χ3n) is 3.92. The zero-order valence-electron chi connectivity index (χ0n) is 10.1. The highest BCUT2D eigenvalue weighted by Crippen LogP contribution is 2.41. The zero-order chi connectivity index (χ0) is 13.6. The maximum Gasteiger partial charge on any atom is 0.237 e. The van der Waals surface area contributed by atoms with E-state index in [2.05, 4.69) is 0 Å². The number of nitriles is 1. The van der Waals surface area contributed by atoms with Crippen molar-refractivity contribution in [2.24, 2.45) is 11.8 Å². The Morgan fingerprint density at radius 1 is 1.21 bits per heavy atom. The molecular formula is C14H11FN2O2. The van der Waals surface area contributed by atoms with Gasteiger partial charge in [-0.1, -0.05) is 6.42 Å². The van der Waals surface area contributed by atoms with Gasteiger partial charge >= 0.3 is 0 Å². The molecule has 1 aliphatic heterocycles. The maximum absolute atomic E-state index is 13.3. The van der Waals surface area contributed by atoms with E-state index in [0.717, 1.165) is 30.2 Å². The Kier molecular flexibility index (Phi) is 2.59. The van der Waals surface area contributed by atoms with Crippen LogP contribution in [-0.2, 0) is 9.59 Å². The van der Waals surface area contributed by atoms with Crippen molar-refractivity contribution in [1.29, 1.82) is 5.26 Å². The summed E-state index contributed by atoms with van der Waals surface area (Å²) >= 11 is 0. The van der Waals surface area contributed by atoms with Crippen molar-refractivity contribution in [2.75, 3.05) is 4.90 Å². The lowest BCUT2D eigenvalue weighted by molar-refractivity contribution is -0.122. The van der Waals surface area contributed by atoms with Gasteiger partial charge in [0, 0.05) is 0 Å². The highest BCUT2D eigenvalue weighted by atomic mass is 19.1. The quantitative estimate of drug-likeness (QED) is 0.724. The molecule has 4 nitrogen and oxygen atoms in total. The summed E-state index contributed by atoms with van der Waals surface area (Å²) in [5.74, 6) is -1.55. The number of carbonyl (C=O) groups is 2. The molecule has 0 bridgehead atoms. The number of halogens is 1. The van der Waals surface area contributed by atoms with Crippen LogP contribution in [0.25, 0.3) is 0 Å². The first-order valence-corrected chi connectivity index (χ1v) is 6.21. The molecule has 2 amide bonds. The average Bonchev–Trinajstić information content (AvgIpc) is 2.96. The SMILES string of the molecule is N#Cc1cc(N2C(=O)C3CCCC3C2=O)ccc1F. The minimum atomic E-state index is -0.648. The van der Waals surface area contributed by atoms with Crippen molar-refractivity contribution in [3.05, 3.63) is 29.6 Å². The molecule has 0 radical (unpaired) electrons. The summed E-state index contributed by atoms with van der Waals surface area (Å²) in [6.07, 6.45) is 2.36. The smallest absolute Gasteiger partial charge is 0.237 e. The van der Waals surface area contributed by atoms with E-state index in [1.807, 2.05) is 0 Å². The largest absolute Gasteiger partial charge is 0.274 e. The van der Waals surface area contributed by atoms with Gasteiger partial charge in [-0.25, -0.2) is 4.39 Å². The normalized spacial score (nSPS) is 25.6. The highest BCUT2D eigenvalue weighted by Gasteiger charge is 2.50. The van der Waals surface area contributed by atoms with Crippen molar-refractivity contribution >= 4 is 17.5 Å². The third kappa shape index (κ3) is 1.64. The molecule has 2 unspecified atom stereocenters. The molecule has 1 aliphatic carbocycles. The van der Waals surface area contributed by atoms with E-state index in [9.17, 15) is 14.0 Å². The number of amides is 2. The van der Waals surface area contributed by atoms with E-state index in [0.29, 0.717) is 5.69 Å². The maximum atomic E-state index is 13.3. The van der Waals surface area contributed by atoms with E-state index in [-0.39, 0.29) is 29.2 Å². The van der Waals surface area contributed by atoms with Gasteiger partial charge in [0.2, 0.25) is 11.8 Å². The number of nitrogens with zero attached hydrogens (tertiary/aromatic N) is 2. The summed E-state index contributed by atoms with van der Waals surface area (Å²) in [7, 11) is 0. The Morgan fingerprint density at radius 2 is 1.84 bits per heavy atom. The molecule has 1 saturated heterocycles. The molecule has 3 rings (SSSR count). The van der Waals surface area contributed by atoms with Crippen LogP contribution in [0.15, 0.2) is 18.2 Å². The second-order valence-corrected chi connectivity index (χ2v) is 4.93. The second-order valence-electron chi connectivity index (χ2n) is 4.93. The van der Waals surface area contributed by atoms with Crippen LogP contribution >= 0.6 is 0 Å². The van der Waals surface area contributed by atoms with Crippen molar-refractivity contribution < 1.29 is 14.0 Å². The predicted octanol–water partition coefficient (Wildman–Crippen LogP) is 1.99. The van der Waals surface area contributed by atoms with Crippen molar-refractivity contribution in [1.82, 2.24) is 0 Å². The van der Waals surface area contributed by atoms with Crippen LogP contribution < -0.4 is 4.90 Å². The number of hydrogen-bond acceptors (Lipinski definition) is 3. The van der Waals surface area contributed by atoms with Crippen molar-refractivity contribution in [3.8, 4) is 6.07 Å². The first-order valence-electron chi connectivity index (χ1n) is 6.21. The van der Waals surface area contributed by atoms with Gasteiger partial charge in [0.1, 0.15) is 11.9 Å². The van der Waals surface area contributed by atoms with Crippen molar-refractivity contribution in [2.45, 2.75) is 19.3 Å². The van der Waals surface area contributed by atoms with Gasteiger partial charge in [-0.2, -0.15) is 5.26 Å². The van der Waals surface area contributed by atoms with Crippen LogP contribution in [0.2, 0.25) is 0 Å². The lowest BCUT2D eigenvalue weighted by Gasteiger charge is -2.16. The molecule has 1 saturated carbocycles. The molecule has 96 valence electrons. The first kappa shape index (κ1) is 11.8. The molecule has 2 aliphatic rings. The number of carbonyl (C=O) groups excluding carboxylic acids is 2. The van der Waals surface area contributed by atoms with Crippen LogP contribution in [0.3, 0.4) is 0 Å². The lowest BCUT2D eigenvalue weighted by atomic mass is 10.00. The summed E-state index contributed by atoms with van der Waals surface area (Å²) in [6.45, 7) is 0. The molecule has 5 heteroatoms. The fraction of sp³-hybridized carbons (Fsp3) is 0.357. The molecule has 0 N–H and O–H groups in total. The minimum Gasteiger partial charge on any atom is -0.274 e. The monoisotopic (exact) mass is 258 g/mol. The molecule has 0 aromatic heterocycles. The Balaban J connectivity index is 2.01. The number of rotatable bonds is 1. The lowest BCUT2D eigenvalue weighted by Crippen LogP contribution is -2.31. The zero-order valence-corrected chi connectivity index (χ0v) is 10.1. The topological polar surface area (TPSA) is 61.2 Å². The standard InChI is InChI=1S/C14H11FN2O2/c15-12-5-4-9(6-8(12)7-16)17-13(18)10-2-1-3-11(10)14(17)19/h4-6,10-11H,1-3H2. The van der Waals surface area contributed by atoms with Gasteiger partial charge in [-0.05, 0) is 31.0 Å². The molecular weight excluding hydrogens is 247 g/mol. The molecule has 1 aromatic rings. The summed E-state index contributed by atoms with van der Waals surface area (Å²) < 4.78 is 13.3. The minimum absolute atomic E-state index is 0.157. The Bertz CT molecular complexity index is 598. The highest BCUT2D eigenvalue weighted by molar-refractivity contribution is 6.22. The number of fused-ring (bicyclic) bond motifs is 1. The van der Waals surface area contributed by atoms with E-state index < -0.39 is 5.82 Å². The van der Waals surface area contributed by atoms with Crippen LogP contribution in [0, 0.1) is 29.0 Å². The number of benzene rings is 1. The Morgan fingerprint density at radius 3 is 2.42 bits per heavy atom. The number of anilines is 1. The van der Waals surface area contributed by atoms with Crippen LogP contribution in [-0.4, -0.2) is 11.8 Å². The van der Waals surface area contributed by atoms with Crippen molar-refractivity contribution in [3.63, 3.8) is 0 Å². The van der Waals surface area contributed by atoms with Gasteiger partial charge in [0.15, 0.2) is 0 Å². The molecule has 2 fully saturated rings. The first-order chi connectivity index (χ1) is 9.13. The molecule has 19 heavy (non-hydrogen) atoms. The number of imide groups is 1. The summed E-state index contributed by atoms with van der Waals surface area (Å²) in [6, 6.07) is 5.45. The van der Waals surface area contributed by atoms with E-state index in [4.69, 9.17) is 5.26 Å². The van der Waals surface area contributed by atoms with Gasteiger partial charge in [0.05, 0.1) is 23.1 Å². The predicted molar refractivity (Wildman–Crippen MR) is 64.4 cm³/mol. The van der Waals surface area contributed by atoms with Crippen LogP contribution in [0.5, 0.6) is 0 Å². The summed E-state index contributed by atoms with van der Waals surface area (Å²) in [5.41, 5.74) is 0.137. The van der Waals surface area contributed by atoms with Gasteiger partial charge in [0.25, 0.3) is 0 Å². The van der Waals surface area contributed by atoms with Crippen LogP contribution in [0.1, 0.15) is 24.8 Å². The van der Waals surface area contributed by atoms with Gasteiger partial charge < -0.3 is 0 Å². The molecule has 1 heterocycles. The average molecular weight is 258 g/mol. The van der Waals surface area contributed by atoms with Crippen LogP contribution in [0.4, 0.5) is 10.1 Å². The van der Waals surface area contributed by atoms with E-state index in [1.54, 1.807) is 6.07 Å². The fourth-order valence-corrected chi connectivity index (χ4v) is 2.98. The Hall–Kier alpha value is -2.22. The third-order valence-corrected chi connectivity index (χ3v) is 3.92. The van der Waals surface area contributed by atoms with E-state index in [1.165, 1.54) is 12.1 Å². The summed E-state index contributed by atoms with van der Waals surface area (Å²) in [4.78, 5) is 25.5. The van der Waals surface area contributed by atoms with E-state index >= 15 is 0 Å². The molecule has 1 aromatic carbocycles. The molecule has 2 atom stereocenters. The second kappa shape index (κ2) is 4.16. The number of hydrogen-bond donors (Lipinski definition) is 0. The van der Waals surface area contributed by atoms with Gasteiger partial charge in [-0.15, -0.1) is 0 Å². The molecule has 0 spiro atoms. The summed E-state index contributed by atoms with van der Waals surface area (Å²) in [5, 5.41) is 8.80. The van der Waals surface area contributed by atoms with Gasteiger partial charge in [-0.3, -0.25) is 14.5 Å².